The van der Waals surface area contributed by atoms with E-state index in [9.17, 15) is 13.2 Å². The number of rotatable bonds is 6. The van der Waals surface area contributed by atoms with Crippen molar-refractivity contribution in [3.05, 3.63) is 94.5 Å². The summed E-state index contributed by atoms with van der Waals surface area (Å²) in [6, 6.07) is 22.3. The predicted octanol–water partition coefficient (Wildman–Crippen LogP) is 4.18. The molecule has 7 heteroatoms. The van der Waals surface area contributed by atoms with Crippen LogP contribution >= 0.6 is 15.9 Å². The van der Waals surface area contributed by atoms with E-state index in [1.807, 2.05) is 42.5 Å². The van der Waals surface area contributed by atoms with E-state index < -0.39 is 10.0 Å². The molecule has 0 bridgehead atoms. The van der Waals surface area contributed by atoms with Crippen molar-refractivity contribution in [3.63, 3.8) is 0 Å². The van der Waals surface area contributed by atoms with Gasteiger partial charge in [-0.15, -0.1) is 0 Å². The molecular weight excluding hydrogens is 428 g/mol. The topological polar surface area (TPSA) is 75.3 Å². The minimum Gasteiger partial charge on any atom is -0.322 e. The summed E-state index contributed by atoms with van der Waals surface area (Å²) in [5.41, 5.74) is 1.74. The summed E-state index contributed by atoms with van der Waals surface area (Å²) in [7, 11) is -3.73. The van der Waals surface area contributed by atoms with Crippen LogP contribution in [0.2, 0.25) is 0 Å². The van der Waals surface area contributed by atoms with Crippen LogP contribution in [0.1, 0.15) is 15.9 Å². The standard InChI is InChI=1S/C20H17BrN2O3S/c21-17-9-11-18(12-10-17)23-20(24)16-7-4-8-19(13-16)27(25,26)22-14-15-5-2-1-3-6-15/h1-13,22H,14H2,(H,23,24). The van der Waals surface area contributed by atoms with Gasteiger partial charge in [-0.05, 0) is 48.0 Å². The van der Waals surface area contributed by atoms with Crippen molar-refractivity contribution in [3.8, 4) is 0 Å². The van der Waals surface area contributed by atoms with Gasteiger partial charge in [0, 0.05) is 22.3 Å². The molecule has 27 heavy (non-hydrogen) atoms. The van der Waals surface area contributed by atoms with Gasteiger partial charge in [0.05, 0.1) is 4.90 Å². The zero-order valence-electron chi connectivity index (χ0n) is 14.2. The minimum atomic E-state index is -3.73. The summed E-state index contributed by atoms with van der Waals surface area (Å²) >= 11 is 3.33. The van der Waals surface area contributed by atoms with E-state index in [1.165, 1.54) is 12.1 Å². The molecule has 0 saturated heterocycles. The lowest BCUT2D eigenvalue weighted by Crippen LogP contribution is -2.23. The Kier molecular flexibility index (Phi) is 6.05. The fourth-order valence-corrected chi connectivity index (χ4v) is 3.73. The maximum Gasteiger partial charge on any atom is 0.255 e. The number of carbonyl (C=O) groups excluding carboxylic acids is 1. The Labute approximate surface area is 166 Å². The Bertz CT molecular complexity index is 1040. The highest BCUT2D eigenvalue weighted by molar-refractivity contribution is 9.10. The molecule has 0 aromatic heterocycles. The van der Waals surface area contributed by atoms with E-state index in [2.05, 4.69) is 26.0 Å². The van der Waals surface area contributed by atoms with Crippen molar-refractivity contribution < 1.29 is 13.2 Å². The monoisotopic (exact) mass is 444 g/mol. The predicted molar refractivity (Wildman–Crippen MR) is 109 cm³/mol. The molecule has 3 aromatic rings. The number of carbonyl (C=O) groups is 1. The van der Waals surface area contributed by atoms with Gasteiger partial charge >= 0.3 is 0 Å². The number of anilines is 1. The Morgan fingerprint density at radius 3 is 2.30 bits per heavy atom. The van der Waals surface area contributed by atoms with Crippen molar-refractivity contribution >= 4 is 37.5 Å². The first kappa shape index (κ1) is 19.3. The smallest absolute Gasteiger partial charge is 0.255 e. The van der Waals surface area contributed by atoms with E-state index in [1.54, 1.807) is 24.3 Å². The van der Waals surface area contributed by atoms with Crippen LogP contribution in [-0.4, -0.2) is 14.3 Å². The van der Waals surface area contributed by atoms with Gasteiger partial charge in [0.1, 0.15) is 0 Å². The minimum absolute atomic E-state index is 0.0434. The van der Waals surface area contributed by atoms with Crippen LogP contribution in [0.5, 0.6) is 0 Å². The first-order chi connectivity index (χ1) is 12.9. The molecule has 0 unspecified atom stereocenters. The fourth-order valence-electron chi connectivity index (χ4n) is 2.40. The van der Waals surface area contributed by atoms with Crippen molar-refractivity contribution in [1.82, 2.24) is 4.72 Å². The zero-order chi connectivity index (χ0) is 19.3. The van der Waals surface area contributed by atoms with E-state index in [-0.39, 0.29) is 22.9 Å². The molecule has 0 aliphatic rings. The molecule has 0 aliphatic carbocycles. The van der Waals surface area contributed by atoms with E-state index in [0.29, 0.717) is 5.69 Å². The number of amides is 1. The summed E-state index contributed by atoms with van der Waals surface area (Å²) < 4.78 is 28.5. The number of halogens is 1. The molecular formula is C20H17BrN2O3S. The third-order valence-electron chi connectivity index (χ3n) is 3.82. The summed E-state index contributed by atoms with van der Waals surface area (Å²) in [4.78, 5) is 12.5. The van der Waals surface area contributed by atoms with Gasteiger partial charge in [0.25, 0.3) is 5.91 Å². The van der Waals surface area contributed by atoms with Gasteiger partial charge in [-0.25, -0.2) is 13.1 Å². The van der Waals surface area contributed by atoms with Crippen molar-refractivity contribution in [2.45, 2.75) is 11.4 Å². The Hall–Kier alpha value is -2.48. The van der Waals surface area contributed by atoms with E-state index in [0.717, 1.165) is 10.0 Å². The number of hydrogen-bond donors (Lipinski definition) is 2. The maximum absolute atomic E-state index is 12.5. The number of hydrogen-bond acceptors (Lipinski definition) is 3. The first-order valence-electron chi connectivity index (χ1n) is 8.15. The van der Waals surface area contributed by atoms with Crippen molar-refractivity contribution in [2.24, 2.45) is 0 Å². The van der Waals surface area contributed by atoms with Gasteiger partial charge in [-0.3, -0.25) is 4.79 Å². The molecule has 0 heterocycles. The molecule has 2 N–H and O–H groups in total. The molecule has 0 fully saturated rings. The second-order valence-electron chi connectivity index (χ2n) is 5.80. The van der Waals surface area contributed by atoms with Crippen LogP contribution in [0.25, 0.3) is 0 Å². The summed E-state index contributed by atoms with van der Waals surface area (Å²) in [6.45, 7) is 0.179. The Morgan fingerprint density at radius 1 is 0.889 bits per heavy atom. The van der Waals surface area contributed by atoms with Crippen LogP contribution in [0.15, 0.2) is 88.2 Å². The number of sulfonamides is 1. The van der Waals surface area contributed by atoms with Crippen molar-refractivity contribution in [1.29, 1.82) is 0 Å². The molecule has 3 rings (SSSR count). The molecule has 3 aromatic carbocycles. The highest BCUT2D eigenvalue weighted by Gasteiger charge is 2.16. The third kappa shape index (κ3) is 5.26. The molecule has 0 radical (unpaired) electrons. The second-order valence-corrected chi connectivity index (χ2v) is 8.48. The molecule has 138 valence electrons. The zero-order valence-corrected chi connectivity index (χ0v) is 16.6. The molecule has 0 saturated carbocycles. The van der Waals surface area contributed by atoms with Crippen LogP contribution in [-0.2, 0) is 16.6 Å². The lowest BCUT2D eigenvalue weighted by molar-refractivity contribution is 0.102. The normalized spacial score (nSPS) is 11.1. The van der Waals surface area contributed by atoms with E-state index >= 15 is 0 Å². The number of benzene rings is 3. The van der Waals surface area contributed by atoms with Crippen LogP contribution in [0.3, 0.4) is 0 Å². The molecule has 0 aliphatic heterocycles. The summed E-state index contributed by atoms with van der Waals surface area (Å²) in [5, 5.41) is 2.75. The van der Waals surface area contributed by atoms with Gasteiger partial charge in [0.15, 0.2) is 0 Å². The SMILES string of the molecule is O=C(Nc1ccc(Br)cc1)c1cccc(S(=O)(=O)NCc2ccccc2)c1. The Morgan fingerprint density at radius 2 is 1.59 bits per heavy atom. The lowest BCUT2D eigenvalue weighted by atomic mass is 10.2. The number of nitrogens with one attached hydrogen (secondary N) is 2. The van der Waals surface area contributed by atoms with Crippen LogP contribution in [0.4, 0.5) is 5.69 Å². The van der Waals surface area contributed by atoms with Crippen LogP contribution in [0, 0.1) is 0 Å². The highest BCUT2D eigenvalue weighted by Crippen LogP contribution is 2.17. The average Bonchev–Trinajstić information content (AvgIpc) is 2.69. The Balaban J connectivity index is 1.73. The molecule has 5 nitrogen and oxygen atoms in total. The summed E-state index contributed by atoms with van der Waals surface area (Å²) in [6.07, 6.45) is 0. The van der Waals surface area contributed by atoms with Gasteiger partial charge < -0.3 is 5.32 Å². The van der Waals surface area contributed by atoms with Crippen LogP contribution < -0.4 is 10.0 Å². The van der Waals surface area contributed by atoms with Gasteiger partial charge in [-0.1, -0.05) is 52.3 Å². The third-order valence-corrected chi connectivity index (χ3v) is 5.75. The van der Waals surface area contributed by atoms with E-state index in [4.69, 9.17) is 0 Å². The summed E-state index contributed by atoms with van der Waals surface area (Å²) in [5.74, 6) is -0.377. The largest absolute Gasteiger partial charge is 0.322 e. The molecule has 1 amide bonds. The molecule has 0 spiro atoms. The van der Waals surface area contributed by atoms with Gasteiger partial charge in [0.2, 0.25) is 10.0 Å². The quantitative estimate of drug-likeness (QED) is 0.598. The van der Waals surface area contributed by atoms with Crippen molar-refractivity contribution in [2.75, 3.05) is 5.32 Å². The maximum atomic E-state index is 12.5. The molecule has 0 atom stereocenters. The lowest BCUT2D eigenvalue weighted by Gasteiger charge is -2.09. The fraction of sp³-hybridized carbons (Fsp3) is 0.0500. The second kappa shape index (κ2) is 8.47. The average molecular weight is 445 g/mol. The van der Waals surface area contributed by atoms with Gasteiger partial charge in [-0.2, -0.15) is 0 Å². The first-order valence-corrected chi connectivity index (χ1v) is 10.4. The highest BCUT2D eigenvalue weighted by atomic mass is 79.9.